The number of nitrogens with zero attached hydrogens (tertiary/aromatic N) is 2. The van der Waals surface area contributed by atoms with Crippen molar-refractivity contribution in [2.75, 3.05) is 19.8 Å². The number of carbonyl (C=O) groups excluding carboxylic acids is 4. The molecule has 3 aromatic carbocycles. The number of hydrogen-bond donors (Lipinski definition) is 3. The van der Waals surface area contributed by atoms with Crippen molar-refractivity contribution in [2.24, 2.45) is 5.92 Å². The molecular formula is C34H37N5O8. The van der Waals surface area contributed by atoms with E-state index in [4.69, 9.17) is 14.2 Å². The predicted octanol–water partition coefficient (Wildman–Crippen LogP) is 2.33. The van der Waals surface area contributed by atoms with Crippen LogP contribution in [0.1, 0.15) is 40.7 Å². The fourth-order valence-corrected chi connectivity index (χ4v) is 5.99. The summed E-state index contributed by atoms with van der Waals surface area (Å²) in [7, 11) is 0. The smallest absolute Gasteiger partial charge is 0.310 e. The molecule has 3 N–H and O–H groups in total. The Labute approximate surface area is 271 Å². The van der Waals surface area contributed by atoms with Crippen LogP contribution in [0.3, 0.4) is 0 Å². The van der Waals surface area contributed by atoms with E-state index in [9.17, 15) is 24.4 Å². The van der Waals surface area contributed by atoms with E-state index in [1.807, 2.05) is 60.7 Å². The van der Waals surface area contributed by atoms with Crippen LogP contribution in [0.2, 0.25) is 0 Å². The largest absolute Gasteiger partial charge is 0.604 e. The Kier molecular flexibility index (Phi) is 9.78. The first kappa shape index (κ1) is 32.1. The molecule has 0 aromatic heterocycles. The van der Waals surface area contributed by atoms with Crippen molar-refractivity contribution in [3.8, 4) is 5.75 Å². The van der Waals surface area contributed by atoms with Gasteiger partial charge in [0.15, 0.2) is 6.17 Å². The molecule has 0 spiro atoms. The summed E-state index contributed by atoms with van der Waals surface area (Å²) in [5.41, 5.74) is 2.21. The normalized spacial score (nSPS) is 25.7. The first-order valence-electron chi connectivity index (χ1n) is 15.6. The average Bonchev–Trinajstić information content (AvgIpc) is 3.32. The van der Waals surface area contributed by atoms with Gasteiger partial charge in [-0.3, -0.25) is 24.5 Å². The van der Waals surface area contributed by atoms with Gasteiger partial charge >= 0.3 is 5.97 Å². The van der Waals surface area contributed by atoms with Gasteiger partial charge in [-0.2, -0.15) is 5.01 Å². The number of fused-ring (bicyclic) bond motifs is 1. The van der Waals surface area contributed by atoms with Gasteiger partial charge in [-0.05, 0) is 35.4 Å². The Morgan fingerprint density at radius 2 is 1.62 bits per heavy atom. The van der Waals surface area contributed by atoms with Crippen molar-refractivity contribution in [3.05, 3.63) is 107 Å². The van der Waals surface area contributed by atoms with Crippen molar-refractivity contribution < 1.29 is 38.1 Å². The highest BCUT2D eigenvalue weighted by Crippen LogP contribution is 2.30. The number of benzene rings is 3. The fourth-order valence-electron chi connectivity index (χ4n) is 5.99. The third-order valence-corrected chi connectivity index (χ3v) is 8.53. The lowest BCUT2D eigenvalue weighted by Crippen LogP contribution is -2.72. The highest BCUT2D eigenvalue weighted by Gasteiger charge is 2.48. The summed E-state index contributed by atoms with van der Waals surface area (Å²) in [4.78, 5) is 51.8. The van der Waals surface area contributed by atoms with Crippen LogP contribution in [0.25, 0.3) is 0 Å². The van der Waals surface area contributed by atoms with Crippen molar-refractivity contribution >= 4 is 23.7 Å². The lowest BCUT2D eigenvalue weighted by Gasteiger charge is -2.55. The molecule has 3 saturated heterocycles. The summed E-state index contributed by atoms with van der Waals surface area (Å²) in [5, 5.41) is 24.3. The number of esters is 1. The standard InChI is InChI=1S/C34H37N5O8/c40-30-16-15-29(37-32(42)25-11-13-27(14-12-25)45-20-23-7-3-1-4-8-23)39(44)19-26(18-35-22-38(30)39)33(43)36-28-17-31(41)47-34(28)46-21-24-9-5-2-6-10-24/h1-14,26,28-29,34-35H,15-22H2,(H,36,43)(H,37,42). The van der Waals surface area contributed by atoms with Gasteiger partial charge in [0.1, 0.15) is 37.5 Å². The minimum atomic E-state index is -1.22. The third kappa shape index (κ3) is 7.60. The van der Waals surface area contributed by atoms with Gasteiger partial charge < -0.3 is 30.1 Å². The first-order valence-corrected chi connectivity index (χ1v) is 15.6. The minimum Gasteiger partial charge on any atom is -0.604 e. The van der Waals surface area contributed by atoms with Crippen LogP contribution in [-0.4, -0.2) is 71.7 Å². The van der Waals surface area contributed by atoms with Crippen molar-refractivity contribution in [1.29, 1.82) is 0 Å². The van der Waals surface area contributed by atoms with E-state index in [2.05, 4.69) is 16.0 Å². The van der Waals surface area contributed by atoms with E-state index in [0.717, 1.165) is 16.1 Å². The van der Waals surface area contributed by atoms with E-state index in [0.29, 0.717) is 17.9 Å². The second-order valence-corrected chi connectivity index (χ2v) is 11.8. The van der Waals surface area contributed by atoms with Gasteiger partial charge in [0.25, 0.3) is 11.8 Å². The molecule has 47 heavy (non-hydrogen) atoms. The van der Waals surface area contributed by atoms with Crippen LogP contribution in [-0.2, 0) is 37.1 Å². The van der Waals surface area contributed by atoms with E-state index >= 15 is 0 Å². The SMILES string of the molecule is O=C1CC(NC(=O)C2CNCN3C(=O)CCC(NC(=O)c4ccc(OCc5ccccc5)cc4)[N+]3([O-])C2)C(OCc2ccccc2)O1. The number of nitrogens with one attached hydrogen (secondary N) is 3. The molecule has 0 bridgehead atoms. The lowest BCUT2D eigenvalue weighted by molar-refractivity contribution is -1.01. The van der Waals surface area contributed by atoms with Gasteiger partial charge in [-0.25, -0.2) is 4.76 Å². The molecule has 6 rings (SSSR count). The molecule has 13 nitrogen and oxygen atoms in total. The number of hydrogen-bond acceptors (Lipinski definition) is 9. The number of rotatable bonds is 10. The Morgan fingerprint density at radius 1 is 0.936 bits per heavy atom. The highest BCUT2D eigenvalue weighted by molar-refractivity contribution is 5.94. The molecule has 3 heterocycles. The second-order valence-electron chi connectivity index (χ2n) is 11.8. The van der Waals surface area contributed by atoms with E-state index in [1.165, 1.54) is 0 Å². The quantitative estimate of drug-likeness (QED) is 0.171. The van der Waals surface area contributed by atoms with Gasteiger partial charge in [-0.1, -0.05) is 60.7 Å². The first-order chi connectivity index (χ1) is 22.8. The maximum absolute atomic E-state index is 14.5. The zero-order valence-corrected chi connectivity index (χ0v) is 25.7. The topological polar surface area (TPSA) is 158 Å². The minimum absolute atomic E-state index is 0.0694. The van der Waals surface area contributed by atoms with Gasteiger partial charge in [0, 0.05) is 24.9 Å². The molecule has 3 amide bonds. The fraction of sp³-hybridized carbons (Fsp3) is 0.353. The van der Waals surface area contributed by atoms with Crippen LogP contribution in [0, 0.1) is 11.1 Å². The average molecular weight is 644 g/mol. The predicted molar refractivity (Wildman–Crippen MR) is 167 cm³/mol. The molecule has 0 saturated carbocycles. The highest BCUT2D eigenvalue weighted by atomic mass is 16.7. The molecule has 246 valence electrons. The maximum atomic E-state index is 14.5. The Balaban J connectivity index is 1.09. The molecule has 3 fully saturated rings. The molecule has 3 aliphatic heterocycles. The van der Waals surface area contributed by atoms with Crippen molar-refractivity contribution in [1.82, 2.24) is 21.0 Å². The number of ether oxygens (including phenoxy) is 3. The van der Waals surface area contributed by atoms with Crippen LogP contribution in [0.5, 0.6) is 5.75 Å². The van der Waals surface area contributed by atoms with Gasteiger partial charge in [0.05, 0.1) is 13.0 Å². The lowest BCUT2D eigenvalue weighted by atomic mass is 10.1. The van der Waals surface area contributed by atoms with E-state index in [-0.39, 0.29) is 51.5 Å². The summed E-state index contributed by atoms with van der Waals surface area (Å²) >= 11 is 0. The molecule has 5 atom stereocenters. The van der Waals surface area contributed by atoms with E-state index < -0.39 is 47.0 Å². The number of carbonyl (C=O) groups is 4. The zero-order chi connectivity index (χ0) is 32.8. The molecule has 3 aromatic rings. The van der Waals surface area contributed by atoms with Crippen molar-refractivity contribution in [2.45, 2.75) is 51.0 Å². The summed E-state index contributed by atoms with van der Waals surface area (Å²) in [6.07, 6.45) is -1.90. The van der Waals surface area contributed by atoms with Crippen LogP contribution < -0.4 is 20.7 Å². The van der Waals surface area contributed by atoms with Crippen LogP contribution in [0.4, 0.5) is 0 Å². The summed E-state index contributed by atoms with van der Waals surface area (Å²) in [6.45, 7) is 0.278. The Hall–Kier alpha value is -4.82. The second kappa shape index (κ2) is 14.3. The van der Waals surface area contributed by atoms with Crippen LogP contribution >= 0.6 is 0 Å². The number of cyclic esters (lactones) is 1. The number of quaternary nitrogens is 1. The summed E-state index contributed by atoms with van der Waals surface area (Å²) in [5.74, 6) is -2.14. The maximum Gasteiger partial charge on any atom is 0.310 e. The van der Waals surface area contributed by atoms with Crippen molar-refractivity contribution in [3.63, 3.8) is 0 Å². The summed E-state index contributed by atoms with van der Waals surface area (Å²) in [6, 6.07) is 24.9. The van der Waals surface area contributed by atoms with Gasteiger partial charge in [0.2, 0.25) is 12.2 Å². The number of hydroxylamine groups is 2. The molecule has 13 heteroatoms. The monoisotopic (exact) mass is 643 g/mol. The van der Waals surface area contributed by atoms with Crippen LogP contribution in [0.15, 0.2) is 84.9 Å². The Morgan fingerprint density at radius 3 is 2.32 bits per heavy atom. The molecular weight excluding hydrogens is 606 g/mol. The zero-order valence-electron chi connectivity index (χ0n) is 25.7. The summed E-state index contributed by atoms with van der Waals surface area (Å²) < 4.78 is 15.7. The van der Waals surface area contributed by atoms with Gasteiger partial charge in [-0.15, -0.1) is 0 Å². The molecule has 5 unspecified atom stereocenters. The number of amides is 3. The third-order valence-electron chi connectivity index (χ3n) is 8.53. The molecule has 3 aliphatic rings. The van der Waals surface area contributed by atoms with E-state index in [1.54, 1.807) is 24.3 Å². The Bertz CT molecular complexity index is 1570. The molecule has 0 radical (unpaired) electrons. The molecule has 0 aliphatic carbocycles.